The number of hydrogen-bond acceptors (Lipinski definition) is 8. The number of nitrogens with zero attached hydrogens (tertiary/aromatic N) is 2. The number of para-hydroxylation sites is 1. The Morgan fingerprint density at radius 2 is 1.35 bits per heavy atom. The van der Waals surface area contributed by atoms with Crippen LogP contribution in [0.1, 0.15) is 5.56 Å². The quantitative estimate of drug-likeness (QED) is 0.338. The summed E-state index contributed by atoms with van der Waals surface area (Å²) in [6.07, 6.45) is 0. The molecule has 0 saturated heterocycles. The molecule has 0 saturated carbocycles. The number of amides is 1. The summed E-state index contributed by atoms with van der Waals surface area (Å²) in [4.78, 5) is 12.6. The maximum atomic E-state index is 13.8. The average Bonchev–Trinajstić information content (AvgIpc) is 3.11. The first-order valence-corrected chi connectivity index (χ1v) is 13.9. The lowest BCUT2D eigenvalue weighted by Crippen LogP contribution is -2.53. The Kier molecular flexibility index (Phi) is 7.41. The van der Waals surface area contributed by atoms with Crippen molar-refractivity contribution >= 4 is 31.6 Å². The zero-order valence-electron chi connectivity index (χ0n) is 19.9. The Hall–Kier alpha value is -3.65. The van der Waals surface area contributed by atoms with Crippen molar-refractivity contribution in [1.29, 1.82) is 0 Å². The lowest BCUT2D eigenvalue weighted by Gasteiger charge is -2.30. The second-order valence-electron chi connectivity index (χ2n) is 8.06. The molecule has 1 unspecified atom stereocenters. The van der Waals surface area contributed by atoms with Crippen LogP contribution in [0.5, 0.6) is 11.5 Å². The van der Waals surface area contributed by atoms with Gasteiger partial charge >= 0.3 is 0 Å². The van der Waals surface area contributed by atoms with E-state index in [0.29, 0.717) is 17.1 Å². The Bertz CT molecular complexity index is 1490. The molecule has 2 N–H and O–H groups in total. The van der Waals surface area contributed by atoms with E-state index in [9.17, 15) is 26.8 Å². The number of methoxy groups -OCH3 is 2. The molecule has 0 bridgehead atoms. The molecule has 0 aliphatic carbocycles. The number of ether oxygens (including phenoxy) is 2. The summed E-state index contributed by atoms with van der Waals surface area (Å²) in [5.74, 6) is -0.203. The summed E-state index contributed by atoms with van der Waals surface area (Å²) in [5, 5.41) is 9.46. The summed E-state index contributed by atoms with van der Waals surface area (Å²) < 4.78 is 67.0. The van der Waals surface area contributed by atoms with Crippen LogP contribution in [0, 0.1) is 0 Å². The Balaban J connectivity index is 1.85. The number of rotatable bonds is 7. The van der Waals surface area contributed by atoms with Gasteiger partial charge in [0, 0.05) is 6.54 Å². The number of sulfonamides is 2. The highest BCUT2D eigenvalue weighted by Gasteiger charge is 2.43. The summed E-state index contributed by atoms with van der Waals surface area (Å²) in [5.41, 5.74) is 2.05. The van der Waals surface area contributed by atoms with Gasteiger partial charge in [-0.25, -0.2) is 22.3 Å². The molecule has 0 aromatic heterocycles. The molecule has 1 aliphatic rings. The van der Waals surface area contributed by atoms with Crippen molar-refractivity contribution in [2.24, 2.45) is 0 Å². The highest BCUT2D eigenvalue weighted by atomic mass is 32.2. The van der Waals surface area contributed by atoms with E-state index in [1.54, 1.807) is 18.2 Å². The lowest BCUT2D eigenvalue weighted by atomic mass is 10.2. The second-order valence-corrected chi connectivity index (χ2v) is 11.8. The fraction of sp³-hybridized carbons (Fsp3) is 0.208. The molecule has 0 radical (unpaired) electrons. The van der Waals surface area contributed by atoms with Crippen LogP contribution in [0.15, 0.2) is 82.6 Å². The van der Waals surface area contributed by atoms with Gasteiger partial charge in [-0.05, 0) is 60.2 Å². The van der Waals surface area contributed by atoms with Crippen LogP contribution in [0.25, 0.3) is 0 Å². The van der Waals surface area contributed by atoms with Gasteiger partial charge in [0.15, 0.2) is 0 Å². The van der Waals surface area contributed by atoms with Gasteiger partial charge in [-0.1, -0.05) is 18.2 Å². The van der Waals surface area contributed by atoms with Gasteiger partial charge in [0.05, 0.1) is 36.2 Å². The van der Waals surface area contributed by atoms with Gasteiger partial charge in [0.1, 0.15) is 17.5 Å². The molecule has 3 aromatic rings. The minimum atomic E-state index is -4.33. The van der Waals surface area contributed by atoms with Crippen molar-refractivity contribution in [2.45, 2.75) is 22.4 Å². The highest BCUT2D eigenvalue weighted by Crippen LogP contribution is 2.35. The third-order valence-electron chi connectivity index (χ3n) is 6.00. The summed E-state index contributed by atoms with van der Waals surface area (Å²) in [7, 11) is -5.71. The van der Waals surface area contributed by atoms with E-state index < -0.39 is 38.5 Å². The molecular formula is C24H25N3O8S2. The van der Waals surface area contributed by atoms with Crippen LogP contribution in [0.4, 0.5) is 5.69 Å². The molecule has 1 amide bonds. The number of hydrogen-bond donors (Lipinski definition) is 2. The first-order chi connectivity index (χ1) is 17.6. The molecule has 1 atom stereocenters. The van der Waals surface area contributed by atoms with E-state index in [1.807, 2.05) is 0 Å². The van der Waals surface area contributed by atoms with E-state index in [4.69, 9.17) is 9.47 Å². The molecule has 0 fully saturated rings. The normalized spacial score (nSPS) is 16.4. The maximum Gasteiger partial charge on any atom is 0.264 e. The minimum Gasteiger partial charge on any atom is -0.497 e. The summed E-state index contributed by atoms with van der Waals surface area (Å²) in [6.45, 7) is -0.912. The van der Waals surface area contributed by atoms with E-state index in [-0.39, 0.29) is 22.0 Å². The molecule has 1 heterocycles. The largest absolute Gasteiger partial charge is 0.497 e. The maximum absolute atomic E-state index is 13.8. The van der Waals surface area contributed by atoms with Gasteiger partial charge < -0.3 is 9.47 Å². The van der Waals surface area contributed by atoms with E-state index in [2.05, 4.69) is 0 Å². The fourth-order valence-electron chi connectivity index (χ4n) is 4.04. The third kappa shape index (κ3) is 4.98. The van der Waals surface area contributed by atoms with Crippen LogP contribution in [-0.2, 0) is 31.4 Å². The monoisotopic (exact) mass is 547 g/mol. The molecule has 37 heavy (non-hydrogen) atoms. The highest BCUT2D eigenvalue weighted by molar-refractivity contribution is 7.93. The van der Waals surface area contributed by atoms with Crippen LogP contribution in [-0.4, -0.2) is 59.1 Å². The van der Waals surface area contributed by atoms with Crippen molar-refractivity contribution in [1.82, 2.24) is 9.79 Å². The summed E-state index contributed by atoms with van der Waals surface area (Å²) in [6, 6.07) is 16.0. The van der Waals surface area contributed by atoms with Crippen LogP contribution in [0.2, 0.25) is 0 Å². The number of carbonyl (C=O) groups excluding carboxylic acids is 1. The number of hydroxylamine groups is 1. The predicted octanol–water partition coefficient (Wildman–Crippen LogP) is 1.98. The number of nitrogens with one attached hydrogen (secondary N) is 1. The first-order valence-electron chi connectivity index (χ1n) is 11.0. The van der Waals surface area contributed by atoms with E-state index >= 15 is 0 Å². The molecular weight excluding hydrogens is 522 g/mol. The molecule has 11 nitrogen and oxygen atoms in total. The summed E-state index contributed by atoms with van der Waals surface area (Å²) >= 11 is 0. The Morgan fingerprint density at radius 3 is 1.86 bits per heavy atom. The number of benzene rings is 3. The molecule has 13 heteroatoms. The SMILES string of the molecule is COc1ccc(S(=O)(=O)N2CC(C(=O)NO)N(S(=O)(=O)c3ccc(OC)cc3)Cc3ccccc32)cc1. The standard InChI is InChI=1S/C24H25N3O8S2/c1-34-18-7-11-20(12-8-18)36(30,31)26-15-17-5-3-4-6-22(17)27(16-23(26)24(28)25-29)37(32,33)21-13-9-19(35-2)10-14-21/h3-14,23,29H,15-16H2,1-2H3,(H,25,28). The van der Waals surface area contributed by atoms with Crippen molar-refractivity contribution in [3.05, 3.63) is 78.4 Å². The first kappa shape index (κ1) is 26.4. The van der Waals surface area contributed by atoms with Gasteiger partial charge in [-0.3, -0.25) is 14.3 Å². The van der Waals surface area contributed by atoms with Crippen molar-refractivity contribution < 1.29 is 36.3 Å². The number of carbonyl (C=O) groups is 1. The van der Waals surface area contributed by atoms with Crippen LogP contribution >= 0.6 is 0 Å². The van der Waals surface area contributed by atoms with Crippen LogP contribution in [0.3, 0.4) is 0 Å². The van der Waals surface area contributed by atoms with Gasteiger partial charge in [-0.15, -0.1) is 0 Å². The number of fused-ring (bicyclic) bond motifs is 1. The van der Waals surface area contributed by atoms with Crippen molar-refractivity contribution in [2.75, 3.05) is 25.1 Å². The van der Waals surface area contributed by atoms with Crippen molar-refractivity contribution in [3.63, 3.8) is 0 Å². The van der Waals surface area contributed by atoms with Crippen molar-refractivity contribution in [3.8, 4) is 11.5 Å². The lowest BCUT2D eigenvalue weighted by molar-refractivity contribution is -0.132. The molecule has 4 rings (SSSR count). The zero-order chi connectivity index (χ0) is 26.8. The topological polar surface area (TPSA) is 143 Å². The second kappa shape index (κ2) is 10.4. The van der Waals surface area contributed by atoms with E-state index in [1.165, 1.54) is 74.3 Å². The van der Waals surface area contributed by atoms with Crippen LogP contribution < -0.4 is 19.3 Å². The minimum absolute atomic E-state index is 0.0854. The average molecular weight is 548 g/mol. The smallest absolute Gasteiger partial charge is 0.264 e. The molecule has 0 spiro atoms. The van der Waals surface area contributed by atoms with Gasteiger partial charge in [-0.2, -0.15) is 4.31 Å². The van der Waals surface area contributed by atoms with Gasteiger partial charge in [0.25, 0.3) is 15.9 Å². The molecule has 3 aromatic carbocycles. The zero-order valence-corrected chi connectivity index (χ0v) is 21.6. The van der Waals surface area contributed by atoms with Gasteiger partial charge in [0.2, 0.25) is 10.0 Å². The van der Waals surface area contributed by atoms with E-state index in [0.717, 1.165) is 8.61 Å². The molecule has 196 valence electrons. The molecule has 1 aliphatic heterocycles. The Morgan fingerprint density at radius 1 is 0.838 bits per heavy atom. The Labute approximate surface area is 214 Å². The fourth-order valence-corrected chi connectivity index (χ4v) is 7.11. The number of anilines is 1. The third-order valence-corrected chi connectivity index (χ3v) is 9.66. The predicted molar refractivity (Wildman–Crippen MR) is 133 cm³/mol.